The van der Waals surface area contributed by atoms with E-state index in [9.17, 15) is 29.6 Å². The van der Waals surface area contributed by atoms with Crippen LogP contribution in [-0.4, -0.2) is 63.8 Å². The van der Waals surface area contributed by atoms with Crippen LogP contribution in [0.2, 0.25) is 0 Å². The van der Waals surface area contributed by atoms with Crippen molar-refractivity contribution in [3.63, 3.8) is 0 Å². The lowest BCUT2D eigenvalue weighted by Crippen LogP contribution is -2.50. The molecule has 0 saturated carbocycles. The fourth-order valence-corrected chi connectivity index (χ4v) is 2.92. The number of carboxylic acid groups (broad SMARTS) is 1. The molecule has 1 fully saturated rings. The quantitative estimate of drug-likeness (QED) is 0.633. The van der Waals surface area contributed by atoms with Crippen molar-refractivity contribution in [2.75, 3.05) is 26.2 Å². The average Bonchev–Trinajstić information content (AvgIpc) is 3.21. The van der Waals surface area contributed by atoms with E-state index in [0.717, 1.165) is 12.1 Å². The van der Waals surface area contributed by atoms with E-state index < -0.39 is 33.6 Å². The Morgan fingerprint density at radius 1 is 1.00 bits per heavy atom. The van der Waals surface area contributed by atoms with Crippen molar-refractivity contribution in [1.82, 2.24) is 9.80 Å². The van der Waals surface area contributed by atoms with E-state index in [2.05, 4.69) is 0 Å². The molecule has 140 valence electrons. The second-order valence-electron chi connectivity index (χ2n) is 5.82. The number of nitrogens with zero attached hydrogens (tertiary/aromatic N) is 3. The molecule has 1 aliphatic heterocycles. The summed E-state index contributed by atoms with van der Waals surface area (Å²) >= 11 is 0. The molecular formula is C17H15N3O7. The summed E-state index contributed by atoms with van der Waals surface area (Å²) in [6.07, 6.45) is 1.38. The molecule has 2 heterocycles. The van der Waals surface area contributed by atoms with E-state index in [0.29, 0.717) is 0 Å². The Kier molecular flexibility index (Phi) is 4.88. The maximum atomic E-state index is 12.8. The highest BCUT2D eigenvalue weighted by Gasteiger charge is 2.33. The highest BCUT2D eigenvalue weighted by atomic mass is 16.6. The molecule has 1 N–H and O–H groups in total. The van der Waals surface area contributed by atoms with Crippen molar-refractivity contribution in [2.45, 2.75) is 0 Å². The van der Waals surface area contributed by atoms with E-state index in [1.807, 2.05) is 0 Å². The first-order chi connectivity index (χ1) is 12.9. The van der Waals surface area contributed by atoms with Gasteiger partial charge in [-0.25, -0.2) is 4.79 Å². The van der Waals surface area contributed by atoms with Crippen LogP contribution < -0.4 is 0 Å². The highest BCUT2D eigenvalue weighted by molar-refractivity contribution is 6.07. The van der Waals surface area contributed by atoms with E-state index in [1.165, 1.54) is 28.2 Å². The monoisotopic (exact) mass is 373 g/mol. The molecule has 3 rings (SSSR count). The lowest BCUT2D eigenvalue weighted by atomic mass is 10.0. The Hall–Kier alpha value is -3.69. The van der Waals surface area contributed by atoms with Crippen molar-refractivity contribution < 1.29 is 28.8 Å². The molecule has 0 bridgehead atoms. The zero-order valence-electron chi connectivity index (χ0n) is 14.0. The maximum absolute atomic E-state index is 12.8. The molecule has 0 aliphatic carbocycles. The number of rotatable bonds is 4. The molecule has 0 radical (unpaired) electrons. The van der Waals surface area contributed by atoms with Crippen LogP contribution in [0.1, 0.15) is 31.3 Å². The van der Waals surface area contributed by atoms with Crippen LogP contribution in [0.5, 0.6) is 0 Å². The third kappa shape index (κ3) is 3.50. The molecule has 1 aromatic heterocycles. The highest BCUT2D eigenvalue weighted by Crippen LogP contribution is 2.25. The second-order valence-corrected chi connectivity index (χ2v) is 5.82. The molecule has 10 heteroatoms. The molecule has 0 spiro atoms. The summed E-state index contributed by atoms with van der Waals surface area (Å²) < 4.78 is 5.06. The molecule has 27 heavy (non-hydrogen) atoms. The number of nitro benzene ring substituents is 1. The largest absolute Gasteiger partial charge is 0.478 e. The topological polar surface area (TPSA) is 134 Å². The Labute approximate surface area is 152 Å². The first kappa shape index (κ1) is 18.1. The predicted octanol–water partition coefficient (Wildman–Crippen LogP) is 1.48. The number of carboxylic acids is 1. The molecular weight excluding hydrogens is 358 g/mol. The number of carbonyl (C=O) groups excluding carboxylic acids is 2. The fourth-order valence-electron chi connectivity index (χ4n) is 2.92. The van der Waals surface area contributed by atoms with Gasteiger partial charge in [-0.2, -0.15) is 0 Å². The van der Waals surface area contributed by atoms with Crippen LogP contribution in [0.4, 0.5) is 5.69 Å². The summed E-state index contributed by atoms with van der Waals surface area (Å²) in [5.41, 5.74) is -1.45. The van der Waals surface area contributed by atoms with Crippen molar-refractivity contribution in [2.24, 2.45) is 0 Å². The first-order valence-electron chi connectivity index (χ1n) is 8.03. The summed E-state index contributed by atoms with van der Waals surface area (Å²) in [4.78, 5) is 49.7. The normalized spacial score (nSPS) is 14.1. The van der Waals surface area contributed by atoms with Gasteiger partial charge in [-0.15, -0.1) is 0 Å². The molecule has 2 amide bonds. The predicted molar refractivity (Wildman–Crippen MR) is 90.6 cm³/mol. The van der Waals surface area contributed by atoms with Gasteiger partial charge < -0.3 is 19.3 Å². The number of nitro groups is 1. The van der Waals surface area contributed by atoms with E-state index in [-0.39, 0.29) is 37.8 Å². The standard InChI is InChI=1S/C17H15N3O7/c21-15(13-5-2-10-27-13)18-6-8-19(9-7-18)16(22)14-11(17(23)24)3-1-4-12(14)20(25)26/h1-5,10H,6-9H2,(H,23,24). The van der Waals surface area contributed by atoms with Gasteiger partial charge in [-0.3, -0.25) is 19.7 Å². The van der Waals surface area contributed by atoms with Crippen LogP contribution in [0.25, 0.3) is 0 Å². The van der Waals surface area contributed by atoms with E-state index >= 15 is 0 Å². The van der Waals surface area contributed by atoms with Gasteiger partial charge in [0, 0.05) is 32.2 Å². The number of aromatic carboxylic acids is 1. The summed E-state index contributed by atoms with van der Waals surface area (Å²) in [6.45, 7) is 0.648. The van der Waals surface area contributed by atoms with Gasteiger partial charge in [0.2, 0.25) is 0 Å². The average molecular weight is 373 g/mol. The van der Waals surface area contributed by atoms with E-state index in [4.69, 9.17) is 4.42 Å². The minimum atomic E-state index is -1.42. The van der Waals surface area contributed by atoms with Gasteiger partial charge in [-0.1, -0.05) is 6.07 Å². The number of amides is 2. The van der Waals surface area contributed by atoms with Crippen molar-refractivity contribution in [1.29, 1.82) is 0 Å². The smallest absolute Gasteiger partial charge is 0.336 e. The Bertz CT molecular complexity index is 867. The molecule has 0 atom stereocenters. The number of carbonyl (C=O) groups is 3. The first-order valence-corrected chi connectivity index (χ1v) is 8.03. The van der Waals surface area contributed by atoms with Gasteiger partial charge in [0.25, 0.3) is 17.5 Å². The Morgan fingerprint density at radius 3 is 2.15 bits per heavy atom. The molecule has 1 aliphatic rings. The van der Waals surface area contributed by atoms with Gasteiger partial charge >= 0.3 is 5.97 Å². The van der Waals surface area contributed by atoms with Crippen molar-refractivity contribution >= 4 is 23.5 Å². The number of hydrogen-bond acceptors (Lipinski definition) is 6. The number of piperazine rings is 1. The molecule has 10 nitrogen and oxygen atoms in total. The second kappa shape index (κ2) is 7.28. The fraction of sp³-hybridized carbons (Fsp3) is 0.235. The summed E-state index contributed by atoms with van der Waals surface area (Å²) in [6, 6.07) is 6.59. The number of furan rings is 1. The van der Waals surface area contributed by atoms with Gasteiger partial charge in [-0.05, 0) is 18.2 Å². The van der Waals surface area contributed by atoms with Crippen LogP contribution in [0.3, 0.4) is 0 Å². The lowest BCUT2D eigenvalue weighted by molar-refractivity contribution is -0.385. The molecule has 2 aromatic rings. The number of benzene rings is 1. The van der Waals surface area contributed by atoms with Crippen LogP contribution in [-0.2, 0) is 0 Å². The Morgan fingerprint density at radius 2 is 1.63 bits per heavy atom. The summed E-state index contributed by atoms with van der Waals surface area (Å²) in [7, 11) is 0. The third-order valence-corrected chi connectivity index (χ3v) is 4.27. The number of hydrogen-bond donors (Lipinski definition) is 1. The summed E-state index contributed by atoms with van der Waals surface area (Å²) in [5, 5.41) is 20.5. The zero-order chi connectivity index (χ0) is 19.6. The maximum Gasteiger partial charge on any atom is 0.336 e. The minimum Gasteiger partial charge on any atom is -0.478 e. The van der Waals surface area contributed by atoms with Gasteiger partial charge in [0.15, 0.2) is 5.76 Å². The van der Waals surface area contributed by atoms with Crippen LogP contribution in [0, 0.1) is 10.1 Å². The van der Waals surface area contributed by atoms with E-state index in [1.54, 1.807) is 6.07 Å². The van der Waals surface area contributed by atoms with Crippen LogP contribution >= 0.6 is 0 Å². The van der Waals surface area contributed by atoms with Gasteiger partial charge in [0.05, 0.1) is 16.7 Å². The summed E-state index contributed by atoms with van der Waals surface area (Å²) in [5.74, 6) is -2.30. The molecule has 0 unspecified atom stereocenters. The van der Waals surface area contributed by atoms with Crippen LogP contribution in [0.15, 0.2) is 41.0 Å². The zero-order valence-corrected chi connectivity index (χ0v) is 14.0. The van der Waals surface area contributed by atoms with Crippen molar-refractivity contribution in [3.8, 4) is 0 Å². The third-order valence-electron chi connectivity index (χ3n) is 4.27. The minimum absolute atomic E-state index is 0.121. The molecule has 1 saturated heterocycles. The molecule has 1 aromatic carbocycles. The lowest BCUT2D eigenvalue weighted by Gasteiger charge is -2.34. The van der Waals surface area contributed by atoms with Crippen molar-refractivity contribution in [3.05, 3.63) is 63.6 Å². The Balaban J connectivity index is 1.79. The SMILES string of the molecule is O=C(O)c1cccc([N+](=O)[O-])c1C(=O)N1CCN(C(=O)c2ccco2)CC1. The van der Waals surface area contributed by atoms with Gasteiger partial charge in [0.1, 0.15) is 5.56 Å².